The predicted molar refractivity (Wildman–Crippen MR) is 138 cm³/mol. The van der Waals surface area contributed by atoms with E-state index in [0.717, 1.165) is 60.1 Å². The Balaban J connectivity index is 1.37. The summed E-state index contributed by atoms with van der Waals surface area (Å²) >= 11 is 0.879. The lowest BCUT2D eigenvalue weighted by atomic mass is 10.0. The number of rotatable bonds is 6. The van der Waals surface area contributed by atoms with Crippen LogP contribution in [0.2, 0.25) is 0 Å². The number of nitrogens with zero attached hydrogens (tertiary/aromatic N) is 4. The molecular formula is C26H27N5O2S. The van der Waals surface area contributed by atoms with Crippen molar-refractivity contribution in [3.05, 3.63) is 59.3 Å². The first-order valence-corrected chi connectivity index (χ1v) is 12.5. The monoisotopic (exact) mass is 473 g/mol. The van der Waals surface area contributed by atoms with Gasteiger partial charge in [0, 0.05) is 37.4 Å². The van der Waals surface area contributed by atoms with Gasteiger partial charge in [-0.25, -0.2) is 4.98 Å². The van der Waals surface area contributed by atoms with Gasteiger partial charge in [-0.15, -0.1) is 0 Å². The summed E-state index contributed by atoms with van der Waals surface area (Å²) in [4.78, 5) is 38.0. The number of piperazine rings is 1. The number of carbonyl (C=O) groups is 2. The number of imide groups is 1. The predicted octanol–water partition coefficient (Wildman–Crippen LogP) is 4.54. The Morgan fingerprint density at radius 3 is 2.56 bits per heavy atom. The zero-order valence-electron chi connectivity index (χ0n) is 19.2. The molecule has 2 aliphatic rings. The van der Waals surface area contributed by atoms with Gasteiger partial charge in [0.05, 0.1) is 27.8 Å². The summed E-state index contributed by atoms with van der Waals surface area (Å²) < 4.78 is 0. The highest BCUT2D eigenvalue weighted by molar-refractivity contribution is 8.18. The standard InChI is InChI=1S/C26H27N5O2S/c1-2-3-11-30-12-14-31(15-13-30)20-9-7-18(8-10-20)21-5-4-6-22-24(21)28-19(17-27-22)16-23-25(32)29-26(33)34-23/h4-10,16-17H,2-3,11-15H2,1H3,(H,29,32,33). The summed E-state index contributed by atoms with van der Waals surface area (Å²) in [7, 11) is 0. The van der Waals surface area contributed by atoms with Crippen molar-refractivity contribution < 1.29 is 9.59 Å². The number of benzene rings is 2. The summed E-state index contributed by atoms with van der Waals surface area (Å²) in [5.74, 6) is -0.396. The SMILES string of the molecule is CCCCN1CCN(c2ccc(-c3cccc4ncc(C=C5SC(=O)NC5=O)nc34)cc2)CC1. The molecule has 1 aromatic heterocycles. The third-order valence-corrected chi connectivity index (χ3v) is 7.07. The Labute approximate surface area is 203 Å². The van der Waals surface area contributed by atoms with Gasteiger partial charge in [-0.1, -0.05) is 37.6 Å². The lowest BCUT2D eigenvalue weighted by molar-refractivity contribution is -0.115. The normalized spacial score (nSPS) is 18.1. The summed E-state index contributed by atoms with van der Waals surface area (Å²) in [6.07, 6.45) is 5.75. The molecule has 0 spiro atoms. The first kappa shape index (κ1) is 22.6. The van der Waals surface area contributed by atoms with E-state index in [1.165, 1.54) is 25.1 Å². The van der Waals surface area contributed by atoms with Crippen molar-refractivity contribution in [1.82, 2.24) is 20.2 Å². The van der Waals surface area contributed by atoms with Crippen molar-refractivity contribution in [2.75, 3.05) is 37.6 Å². The van der Waals surface area contributed by atoms with Crippen LogP contribution in [0.25, 0.3) is 28.2 Å². The Morgan fingerprint density at radius 1 is 1.06 bits per heavy atom. The number of unbranched alkanes of at least 4 members (excludes halogenated alkanes) is 1. The molecule has 0 unspecified atom stereocenters. The first-order valence-electron chi connectivity index (χ1n) is 11.7. The summed E-state index contributed by atoms with van der Waals surface area (Å²) in [6, 6.07) is 14.6. The van der Waals surface area contributed by atoms with Crippen LogP contribution in [0.1, 0.15) is 25.5 Å². The maximum Gasteiger partial charge on any atom is 0.290 e. The number of para-hydroxylation sites is 1. The third-order valence-electron chi connectivity index (χ3n) is 6.26. The number of nitrogens with one attached hydrogen (secondary N) is 1. The van der Waals surface area contributed by atoms with Gasteiger partial charge in [-0.2, -0.15) is 0 Å². The van der Waals surface area contributed by atoms with Crippen molar-refractivity contribution in [3.63, 3.8) is 0 Å². The van der Waals surface area contributed by atoms with Crippen LogP contribution in [-0.2, 0) is 4.79 Å². The van der Waals surface area contributed by atoms with Gasteiger partial charge in [0.2, 0.25) is 0 Å². The molecule has 7 nitrogen and oxygen atoms in total. The Hall–Kier alpha value is -3.23. The van der Waals surface area contributed by atoms with Crippen LogP contribution in [-0.4, -0.2) is 58.7 Å². The molecule has 174 valence electrons. The molecule has 0 bridgehead atoms. The van der Waals surface area contributed by atoms with Crippen molar-refractivity contribution in [1.29, 1.82) is 0 Å². The van der Waals surface area contributed by atoms with Crippen LogP contribution in [0.4, 0.5) is 10.5 Å². The van der Waals surface area contributed by atoms with E-state index < -0.39 is 5.91 Å². The molecular weight excluding hydrogens is 446 g/mol. The molecule has 3 heterocycles. The van der Waals surface area contributed by atoms with Gasteiger partial charge in [-0.3, -0.25) is 24.8 Å². The van der Waals surface area contributed by atoms with E-state index in [9.17, 15) is 9.59 Å². The first-order chi connectivity index (χ1) is 16.6. The molecule has 2 aromatic carbocycles. The van der Waals surface area contributed by atoms with Crippen LogP contribution in [0.3, 0.4) is 0 Å². The van der Waals surface area contributed by atoms with Gasteiger partial charge >= 0.3 is 0 Å². The third kappa shape index (κ3) is 4.83. The Bertz CT molecular complexity index is 1250. The molecule has 8 heteroatoms. The molecule has 0 saturated carbocycles. The average Bonchev–Trinajstić information content (AvgIpc) is 3.19. The fraction of sp³-hybridized carbons (Fsp3) is 0.308. The van der Waals surface area contributed by atoms with Crippen LogP contribution >= 0.6 is 11.8 Å². The minimum Gasteiger partial charge on any atom is -0.369 e. The van der Waals surface area contributed by atoms with E-state index in [1.807, 2.05) is 18.2 Å². The number of aromatic nitrogens is 2. The van der Waals surface area contributed by atoms with Gasteiger partial charge < -0.3 is 4.90 Å². The molecule has 2 saturated heterocycles. The minimum atomic E-state index is -0.396. The van der Waals surface area contributed by atoms with Crippen molar-refractivity contribution in [2.45, 2.75) is 19.8 Å². The second kappa shape index (κ2) is 9.95. The lowest BCUT2D eigenvalue weighted by Crippen LogP contribution is -2.46. The Morgan fingerprint density at radius 2 is 1.85 bits per heavy atom. The zero-order valence-corrected chi connectivity index (χ0v) is 20.0. The molecule has 34 heavy (non-hydrogen) atoms. The van der Waals surface area contributed by atoms with Crippen LogP contribution in [0.5, 0.6) is 0 Å². The van der Waals surface area contributed by atoms with E-state index in [4.69, 9.17) is 4.98 Å². The zero-order chi connectivity index (χ0) is 23.5. The number of carbonyl (C=O) groups excluding carboxylic acids is 2. The number of thioether (sulfide) groups is 1. The molecule has 0 radical (unpaired) electrons. The molecule has 0 atom stereocenters. The summed E-state index contributed by atoms with van der Waals surface area (Å²) in [5.41, 5.74) is 5.39. The molecule has 2 fully saturated rings. The van der Waals surface area contributed by atoms with Gasteiger partial charge in [0.25, 0.3) is 11.1 Å². The lowest BCUT2D eigenvalue weighted by Gasteiger charge is -2.36. The second-order valence-corrected chi connectivity index (χ2v) is 9.56. The van der Waals surface area contributed by atoms with E-state index in [-0.39, 0.29) is 5.24 Å². The van der Waals surface area contributed by atoms with E-state index >= 15 is 0 Å². The van der Waals surface area contributed by atoms with Crippen molar-refractivity contribution >= 4 is 45.7 Å². The van der Waals surface area contributed by atoms with Crippen LogP contribution < -0.4 is 10.2 Å². The van der Waals surface area contributed by atoms with Crippen LogP contribution in [0, 0.1) is 0 Å². The quantitative estimate of drug-likeness (QED) is 0.527. The Kier molecular flexibility index (Phi) is 6.60. The fourth-order valence-electron chi connectivity index (χ4n) is 4.37. The average molecular weight is 474 g/mol. The number of amides is 2. The molecule has 2 amide bonds. The van der Waals surface area contributed by atoms with E-state index in [1.54, 1.807) is 12.3 Å². The number of hydrogen-bond acceptors (Lipinski definition) is 7. The fourth-order valence-corrected chi connectivity index (χ4v) is 5.03. The number of anilines is 1. The number of hydrogen-bond donors (Lipinski definition) is 1. The molecule has 2 aliphatic heterocycles. The van der Waals surface area contributed by atoms with E-state index in [0.29, 0.717) is 10.6 Å². The highest BCUT2D eigenvalue weighted by Gasteiger charge is 2.25. The summed E-state index contributed by atoms with van der Waals surface area (Å²) in [5, 5.41) is 1.90. The summed E-state index contributed by atoms with van der Waals surface area (Å²) in [6.45, 7) is 7.77. The minimum absolute atomic E-state index is 0.329. The largest absolute Gasteiger partial charge is 0.369 e. The molecule has 3 aromatic rings. The molecule has 0 aliphatic carbocycles. The highest BCUT2D eigenvalue weighted by Crippen LogP contribution is 2.30. The van der Waals surface area contributed by atoms with Crippen molar-refractivity contribution in [2.24, 2.45) is 0 Å². The van der Waals surface area contributed by atoms with Gasteiger partial charge in [0.15, 0.2) is 0 Å². The maximum absolute atomic E-state index is 11.9. The molecule has 1 N–H and O–H groups in total. The van der Waals surface area contributed by atoms with Gasteiger partial charge in [0.1, 0.15) is 0 Å². The van der Waals surface area contributed by atoms with Crippen molar-refractivity contribution in [3.8, 4) is 11.1 Å². The van der Waals surface area contributed by atoms with E-state index in [2.05, 4.69) is 51.3 Å². The topological polar surface area (TPSA) is 78.4 Å². The second-order valence-electron chi connectivity index (χ2n) is 8.55. The van der Waals surface area contributed by atoms with Crippen LogP contribution in [0.15, 0.2) is 53.6 Å². The maximum atomic E-state index is 11.9. The van der Waals surface area contributed by atoms with Gasteiger partial charge in [-0.05, 0) is 54.6 Å². The smallest absolute Gasteiger partial charge is 0.290 e. The number of fused-ring (bicyclic) bond motifs is 1. The highest BCUT2D eigenvalue weighted by atomic mass is 32.2. The molecule has 5 rings (SSSR count).